The van der Waals surface area contributed by atoms with Crippen molar-refractivity contribution in [3.63, 3.8) is 0 Å². The molecule has 0 aliphatic carbocycles. The Kier molecular flexibility index (Phi) is 10.3. The fourth-order valence-electron chi connectivity index (χ4n) is 2.38. The summed E-state index contributed by atoms with van der Waals surface area (Å²) in [5, 5.41) is 19.5. The Morgan fingerprint density at radius 3 is 2.59 bits per heavy atom. The van der Waals surface area contributed by atoms with Gasteiger partial charge in [0.2, 0.25) is 5.91 Å². The molecule has 1 aromatic carbocycles. The molecule has 1 rings (SSSR count). The van der Waals surface area contributed by atoms with Crippen LogP contribution in [0, 0.1) is 0 Å². The zero-order valence-corrected chi connectivity index (χ0v) is 17.1. The lowest BCUT2D eigenvalue weighted by Crippen LogP contribution is -2.40. The first-order chi connectivity index (χ1) is 12.8. The van der Waals surface area contributed by atoms with E-state index in [0.717, 1.165) is 11.3 Å². The van der Waals surface area contributed by atoms with E-state index in [9.17, 15) is 9.90 Å². The highest BCUT2D eigenvalue weighted by molar-refractivity contribution is 5.81. The Balaban J connectivity index is 2.59. The fourth-order valence-corrected chi connectivity index (χ4v) is 2.38. The van der Waals surface area contributed by atoms with Crippen LogP contribution in [0.5, 0.6) is 5.75 Å². The van der Waals surface area contributed by atoms with Crippen LogP contribution in [0.2, 0.25) is 0 Å². The molecule has 152 valence electrons. The van der Waals surface area contributed by atoms with Crippen molar-refractivity contribution in [3.05, 3.63) is 29.8 Å². The molecule has 0 bridgehead atoms. The lowest BCUT2D eigenvalue weighted by atomic mass is 10.1. The summed E-state index contributed by atoms with van der Waals surface area (Å²) < 4.78 is 5.66. The minimum atomic E-state index is -0.736. The number of ether oxygens (including phenoxy) is 1. The van der Waals surface area contributed by atoms with Gasteiger partial charge in [0.25, 0.3) is 0 Å². The second kappa shape index (κ2) is 12.2. The van der Waals surface area contributed by atoms with E-state index in [0.29, 0.717) is 25.5 Å². The van der Waals surface area contributed by atoms with Crippen molar-refractivity contribution in [1.82, 2.24) is 16.0 Å². The van der Waals surface area contributed by atoms with E-state index in [1.807, 2.05) is 58.9 Å². The third-order valence-electron chi connectivity index (χ3n) is 3.48. The molecule has 0 radical (unpaired) electrons. The number of benzene rings is 1. The molecular formula is C20H34N4O3. The van der Waals surface area contributed by atoms with Gasteiger partial charge >= 0.3 is 0 Å². The van der Waals surface area contributed by atoms with Crippen LogP contribution in [0.3, 0.4) is 0 Å². The fraction of sp³-hybridized carbons (Fsp3) is 0.600. The van der Waals surface area contributed by atoms with Crippen LogP contribution in [0.4, 0.5) is 0 Å². The smallest absolute Gasteiger partial charge is 0.221 e. The number of carbonyl (C=O) groups excluding carboxylic acids is 1. The molecule has 0 saturated heterocycles. The topological polar surface area (TPSA) is 95.0 Å². The van der Waals surface area contributed by atoms with Crippen LogP contribution in [0.1, 0.15) is 52.7 Å². The van der Waals surface area contributed by atoms with Crippen LogP contribution in [-0.4, -0.2) is 48.8 Å². The highest BCUT2D eigenvalue weighted by Crippen LogP contribution is 2.20. The maximum absolute atomic E-state index is 11.7. The summed E-state index contributed by atoms with van der Waals surface area (Å²) in [6.45, 7) is 11.1. The van der Waals surface area contributed by atoms with Crippen molar-refractivity contribution < 1.29 is 14.6 Å². The van der Waals surface area contributed by atoms with Crippen molar-refractivity contribution in [2.45, 2.75) is 59.3 Å². The number of aliphatic hydroxyl groups excluding tert-OH is 1. The second-order valence-corrected chi connectivity index (χ2v) is 6.87. The number of aliphatic hydroxyl groups is 1. The summed E-state index contributed by atoms with van der Waals surface area (Å²) in [6.07, 6.45) is -0.298. The Labute approximate surface area is 162 Å². The number of amides is 1. The third-order valence-corrected chi connectivity index (χ3v) is 3.48. The van der Waals surface area contributed by atoms with Gasteiger partial charge in [0, 0.05) is 25.6 Å². The number of nitrogens with one attached hydrogen (secondary N) is 3. The van der Waals surface area contributed by atoms with E-state index in [-0.39, 0.29) is 24.6 Å². The van der Waals surface area contributed by atoms with Crippen LogP contribution in [-0.2, 0) is 4.79 Å². The van der Waals surface area contributed by atoms with Gasteiger partial charge in [-0.05, 0) is 52.3 Å². The molecule has 0 spiro atoms. The van der Waals surface area contributed by atoms with Crippen molar-refractivity contribution in [2.75, 3.05) is 19.6 Å². The lowest BCUT2D eigenvalue weighted by Gasteiger charge is -2.15. The molecule has 1 aromatic rings. The van der Waals surface area contributed by atoms with Gasteiger partial charge in [-0.25, -0.2) is 0 Å². The first kappa shape index (κ1) is 22.8. The first-order valence-corrected chi connectivity index (χ1v) is 9.58. The van der Waals surface area contributed by atoms with Gasteiger partial charge in [-0.1, -0.05) is 12.1 Å². The van der Waals surface area contributed by atoms with Crippen molar-refractivity contribution in [2.24, 2.45) is 4.99 Å². The summed E-state index contributed by atoms with van der Waals surface area (Å²) in [5.41, 5.74) is 0.754. The minimum absolute atomic E-state index is 0.00430. The number of guanidine groups is 1. The lowest BCUT2D eigenvalue weighted by molar-refractivity contribution is -0.121. The highest BCUT2D eigenvalue weighted by Gasteiger charge is 2.10. The molecule has 7 heteroatoms. The zero-order chi connectivity index (χ0) is 20.2. The predicted molar refractivity (Wildman–Crippen MR) is 109 cm³/mol. The van der Waals surface area contributed by atoms with Gasteiger partial charge in [0.15, 0.2) is 5.96 Å². The van der Waals surface area contributed by atoms with Gasteiger partial charge in [-0.3, -0.25) is 9.79 Å². The van der Waals surface area contributed by atoms with Crippen LogP contribution >= 0.6 is 0 Å². The predicted octanol–water partition coefficient (Wildman–Crippen LogP) is 1.98. The average Bonchev–Trinajstić information content (AvgIpc) is 2.58. The summed E-state index contributed by atoms with van der Waals surface area (Å²) in [4.78, 5) is 16.1. The Bertz CT molecular complexity index is 603. The van der Waals surface area contributed by atoms with Crippen molar-refractivity contribution in [3.8, 4) is 5.75 Å². The third kappa shape index (κ3) is 9.84. The quantitative estimate of drug-likeness (QED) is 0.369. The number of hydrogen-bond donors (Lipinski definition) is 4. The number of aliphatic imine (C=N–C) groups is 1. The zero-order valence-electron chi connectivity index (χ0n) is 17.1. The SMILES string of the molecule is CCNC(=NCC(O)c1cccc(OC(C)C)c1)NCCC(=O)NC(C)C. The van der Waals surface area contributed by atoms with E-state index in [2.05, 4.69) is 20.9 Å². The standard InChI is InChI=1S/C20H34N4O3/c1-6-21-20(22-11-10-19(26)24-14(2)3)23-13-18(25)16-8-7-9-17(12-16)27-15(4)5/h7-9,12,14-15,18,25H,6,10-11,13H2,1-5H3,(H,24,26)(H2,21,22,23). The van der Waals surface area contributed by atoms with E-state index < -0.39 is 6.10 Å². The molecule has 1 atom stereocenters. The van der Waals surface area contributed by atoms with Crippen LogP contribution in [0.15, 0.2) is 29.3 Å². The van der Waals surface area contributed by atoms with Gasteiger partial charge < -0.3 is 25.8 Å². The average molecular weight is 379 g/mol. The molecule has 0 aromatic heterocycles. The molecule has 4 N–H and O–H groups in total. The number of nitrogens with zero attached hydrogens (tertiary/aromatic N) is 1. The summed E-state index contributed by atoms with van der Waals surface area (Å²) in [7, 11) is 0. The second-order valence-electron chi connectivity index (χ2n) is 6.87. The normalized spacial score (nSPS) is 12.8. The van der Waals surface area contributed by atoms with E-state index in [1.54, 1.807) is 0 Å². The van der Waals surface area contributed by atoms with E-state index >= 15 is 0 Å². The van der Waals surface area contributed by atoms with Crippen LogP contribution in [0.25, 0.3) is 0 Å². The molecule has 0 aliphatic rings. The number of hydrogen-bond acceptors (Lipinski definition) is 4. The van der Waals surface area contributed by atoms with Gasteiger partial charge in [-0.2, -0.15) is 0 Å². The molecule has 0 saturated carbocycles. The monoisotopic (exact) mass is 378 g/mol. The maximum atomic E-state index is 11.7. The Hall–Kier alpha value is -2.28. The summed E-state index contributed by atoms with van der Waals surface area (Å²) >= 11 is 0. The molecule has 0 fully saturated rings. The molecule has 7 nitrogen and oxygen atoms in total. The van der Waals surface area contributed by atoms with Crippen molar-refractivity contribution in [1.29, 1.82) is 0 Å². The molecule has 27 heavy (non-hydrogen) atoms. The number of carbonyl (C=O) groups is 1. The molecule has 0 heterocycles. The molecule has 1 unspecified atom stereocenters. The summed E-state index contributed by atoms with van der Waals surface area (Å²) in [6, 6.07) is 7.54. The maximum Gasteiger partial charge on any atom is 0.221 e. The number of rotatable bonds is 10. The molecule has 1 amide bonds. The van der Waals surface area contributed by atoms with E-state index in [4.69, 9.17) is 4.74 Å². The van der Waals surface area contributed by atoms with Crippen LogP contribution < -0.4 is 20.7 Å². The van der Waals surface area contributed by atoms with Crippen molar-refractivity contribution >= 4 is 11.9 Å². The molecular weight excluding hydrogens is 344 g/mol. The van der Waals surface area contributed by atoms with E-state index in [1.165, 1.54) is 0 Å². The largest absolute Gasteiger partial charge is 0.491 e. The Morgan fingerprint density at radius 1 is 1.22 bits per heavy atom. The van der Waals surface area contributed by atoms with Gasteiger partial charge in [0.1, 0.15) is 5.75 Å². The minimum Gasteiger partial charge on any atom is -0.491 e. The first-order valence-electron chi connectivity index (χ1n) is 9.58. The Morgan fingerprint density at radius 2 is 1.96 bits per heavy atom. The summed E-state index contributed by atoms with van der Waals surface area (Å²) in [5.74, 6) is 1.30. The van der Waals surface area contributed by atoms with Gasteiger partial charge in [-0.15, -0.1) is 0 Å². The molecule has 0 aliphatic heterocycles. The highest BCUT2D eigenvalue weighted by atomic mass is 16.5. The van der Waals surface area contributed by atoms with Gasteiger partial charge in [0.05, 0.1) is 18.8 Å².